The van der Waals surface area contributed by atoms with E-state index in [1.165, 1.54) is 5.56 Å². The van der Waals surface area contributed by atoms with E-state index in [0.717, 1.165) is 12.8 Å². The second-order valence-corrected chi connectivity index (χ2v) is 2.79. The van der Waals surface area contributed by atoms with Crippen molar-refractivity contribution in [3.8, 4) is 0 Å². The predicted octanol–water partition coefficient (Wildman–Crippen LogP) is 1.36. The van der Waals surface area contributed by atoms with Gasteiger partial charge in [0.1, 0.15) is 6.29 Å². The molecule has 0 saturated heterocycles. The van der Waals surface area contributed by atoms with Gasteiger partial charge in [-0.25, -0.2) is 0 Å². The molecule has 1 rings (SSSR count). The van der Waals surface area contributed by atoms with E-state index in [9.17, 15) is 4.79 Å². The molecule has 0 amide bonds. The smallest absolute Gasteiger partial charge is 0.136 e. The van der Waals surface area contributed by atoms with Gasteiger partial charge in [0, 0.05) is 6.54 Å². The summed E-state index contributed by atoms with van der Waals surface area (Å²) in [5, 5.41) is 3.08. The number of carbonyl (C=O) groups excluding carboxylic acids is 1. The molecule has 0 aliphatic heterocycles. The van der Waals surface area contributed by atoms with Gasteiger partial charge in [0.05, 0.1) is 6.04 Å². The maximum atomic E-state index is 10.3. The van der Waals surface area contributed by atoms with E-state index in [2.05, 4.69) is 5.32 Å². The third-order valence-corrected chi connectivity index (χ3v) is 1.68. The zero-order valence-corrected chi connectivity index (χ0v) is 7.16. The molecule has 1 aromatic rings. The van der Waals surface area contributed by atoms with Crippen LogP contribution in [0.5, 0.6) is 0 Å². The van der Waals surface area contributed by atoms with Gasteiger partial charge in [-0.2, -0.15) is 0 Å². The zero-order chi connectivity index (χ0) is 8.81. The quantitative estimate of drug-likeness (QED) is 0.679. The van der Waals surface area contributed by atoms with Gasteiger partial charge in [0.25, 0.3) is 0 Å². The Morgan fingerprint density at radius 1 is 1.42 bits per heavy atom. The van der Waals surface area contributed by atoms with Crippen LogP contribution in [0.15, 0.2) is 30.3 Å². The summed E-state index contributed by atoms with van der Waals surface area (Å²) >= 11 is 0. The molecule has 0 aliphatic carbocycles. The fraction of sp³-hybridized carbons (Fsp3) is 0.300. The molecule has 64 valence electrons. The number of benzene rings is 1. The Bertz CT molecular complexity index is 233. The van der Waals surface area contributed by atoms with E-state index in [1.54, 1.807) is 0 Å². The topological polar surface area (TPSA) is 29.1 Å². The molecule has 0 heterocycles. The summed E-state index contributed by atoms with van der Waals surface area (Å²) in [5.41, 5.74) is 1.20. The number of rotatable bonds is 4. The summed E-state index contributed by atoms with van der Waals surface area (Å²) in [6.45, 7) is 2.59. The van der Waals surface area contributed by atoms with Gasteiger partial charge in [0.15, 0.2) is 0 Å². The van der Waals surface area contributed by atoms with E-state index in [-0.39, 0.29) is 6.04 Å². The van der Waals surface area contributed by atoms with Gasteiger partial charge >= 0.3 is 0 Å². The molecule has 0 aromatic heterocycles. The number of hydrogen-bond acceptors (Lipinski definition) is 2. The van der Waals surface area contributed by atoms with Crippen molar-refractivity contribution < 1.29 is 4.79 Å². The molecule has 0 aliphatic rings. The normalized spacial score (nSPS) is 12.4. The first kappa shape index (κ1) is 8.94. The highest BCUT2D eigenvalue weighted by molar-refractivity contribution is 5.56. The van der Waals surface area contributed by atoms with Crippen molar-refractivity contribution in [3.05, 3.63) is 35.9 Å². The van der Waals surface area contributed by atoms with Crippen molar-refractivity contribution in [1.29, 1.82) is 0 Å². The summed E-state index contributed by atoms with van der Waals surface area (Å²) in [5.74, 6) is 0. The molecule has 0 saturated carbocycles. The van der Waals surface area contributed by atoms with Crippen molar-refractivity contribution in [2.24, 2.45) is 0 Å². The first-order chi connectivity index (χ1) is 5.83. The summed E-state index contributed by atoms with van der Waals surface area (Å²) in [7, 11) is 0. The minimum atomic E-state index is -0.0646. The lowest BCUT2D eigenvalue weighted by atomic mass is 10.2. The van der Waals surface area contributed by atoms with Crippen molar-refractivity contribution in [2.45, 2.75) is 19.5 Å². The van der Waals surface area contributed by atoms with Crippen LogP contribution < -0.4 is 5.32 Å². The van der Waals surface area contributed by atoms with E-state index < -0.39 is 0 Å². The van der Waals surface area contributed by atoms with Gasteiger partial charge in [0.2, 0.25) is 0 Å². The van der Waals surface area contributed by atoms with Crippen molar-refractivity contribution in [3.63, 3.8) is 0 Å². The Labute approximate surface area is 72.6 Å². The molecule has 2 nitrogen and oxygen atoms in total. The van der Waals surface area contributed by atoms with Gasteiger partial charge in [-0.15, -0.1) is 0 Å². The lowest BCUT2D eigenvalue weighted by molar-refractivity contribution is -0.109. The lowest BCUT2D eigenvalue weighted by Crippen LogP contribution is -2.26. The van der Waals surface area contributed by atoms with Crippen LogP contribution in [0.4, 0.5) is 0 Å². The third kappa shape index (κ3) is 2.84. The van der Waals surface area contributed by atoms with Crippen LogP contribution in [-0.4, -0.2) is 12.3 Å². The Morgan fingerprint density at radius 2 is 2.08 bits per heavy atom. The standard InChI is InChI=1S/C10H13NO/c1-9(8-12)11-7-10-5-3-2-4-6-10/h2-6,8-9,11H,7H2,1H3. The van der Waals surface area contributed by atoms with Crippen LogP contribution in [0, 0.1) is 0 Å². The molecular formula is C10H13NO. The van der Waals surface area contributed by atoms with E-state index >= 15 is 0 Å². The van der Waals surface area contributed by atoms with Crippen LogP contribution in [0.1, 0.15) is 12.5 Å². The first-order valence-corrected chi connectivity index (χ1v) is 4.05. The number of carbonyl (C=O) groups is 1. The molecule has 1 aromatic carbocycles. The van der Waals surface area contributed by atoms with E-state index in [1.807, 2.05) is 37.3 Å². The van der Waals surface area contributed by atoms with Crippen LogP contribution in [0.3, 0.4) is 0 Å². The zero-order valence-electron chi connectivity index (χ0n) is 7.16. The molecule has 0 fully saturated rings. The van der Waals surface area contributed by atoms with Crippen LogP contribution >= 0.6 is 0 Å². The SMILES string of the molecule is CC(C=O)NCc1ccccc1. The van der Waals surface area contributed by atoms with Crippen LogP contribution in [-0.2, 0) is 11.3 Å². The van der Waals surface area contributed by atoms with Crippen molar-refractivity contribution in [1.82, 2.24) is 5.32 Å². The van der Waals surface area contributed by atoms with Crippen molar-refractivity contribution in [2.75, 3.05) is 0 Å². The first-order valence-electron chi connectivity index (χ1n) is 4.05. The van der Waals surface area contributed by atoms with Gasteiger partial charge in [-0.3, -0.25) is 0 Å². The number of nitrogens with one attached hydrogen (secondary N) is 1. The molecule has 1 N–H and O–H groups in total. The molecule has 0 spiro atoms. The highest BCUT2D eigenvalue weighted by atomic mass is 16.1. The maximum absolute atomic E-state index is 10.3. The Hall–Kier alpha value is -1.15. The Kier molecular flexibility index (Phi) is 3.48. The van der Waals surface area contributed by atoms with E-state index in [4.69, 9.17) is 0 Å². The fourth-order valence-corrected chi connectivity index (χ4v) is 0.923. The number of hydrogen-bond donors (Lipinski definition) is 1. The largest absolute Gasteiger partial charge is 0.304 e. The predicted molar refractivity (Wildman–Crippen MR) is 48.8 cm³/mol. The molecule has 0 radical (unpaired) electrons. The molecule has 1 atom stereocenters. The average molecular weight is 163 g/mol. The molecule has 12 heavy (non-hydrogen) atoms. The fourth-order valence-electron chi connectivity index (χ4n) is 0.923. The molecule has 0 bridgehead atoms. The summed E-state index contributed by atoms with van der Waals surface area (Å²) in [6.07, 6.45) is 0.906. The highest BCUT2D eigenvalue weighted by Crippen LogP contribution is 1.97. The average Bonchev–Trinajstić information content (AvgIpc) is 2.16. The second-order valence-electron chi connectivity index (χ2n) is 2.79. The number of aldehydes is 1. The van der Waals surface area contributed by atoms with Crippen LogP contribution in [0.25, 0.3) is 0 Å². The minimum absolute atomic E-state index is 0.0646. The maximum Gasteiger partial charge on any atom is 0.136 e. The molecular weight excluding hydrogens is 150 g/mol. The lowest BCUT2D eigenvalue weighted by Gasteiger charge is -2.05. The van der Waals surface area contributed by atoms with Gasteiger partial charge < -0.3 is 10.1 Å². The summed E-state index contributed by atoms with van der Waals surface area (Å²) < 4.78 is 0. The van der Waals surface area contributed by atoms with Crippen LogP contribution in [0.2, 0.25) is 0 Å². The van der Waals surface area contributed by atoms with Gasteiger partial charge in [-0.1, -0.05) is 30.3 Å². The van der Waals surface area contributed by atoms with E-state index in [0.29, 0.717) is 0 Å². The van der Waals surface area contributed by atoms with Gasteiger partial charge in [-0.05, 0) is 12.5 Å². The Morgan fingerprint density at radius 3 is 2.67 bits per heavy atom. The summed E-state index contributed by atoms with van der Waals surface area (Å²) in [6, 6.07) is 9.96. The summed E-state index contributed by atoms with van der Waals surface area (Å²) in [4.78, 5) is 10.3. The minimum Gasteiger partial charge on any atom is -0.304 e. The Balaban J connectivity index is 2.38. The highest BCUT2D eigenvalue weighted by Gasteiger charge is 1.96. The monoisotopic (exact) mass is 163 g/mol. The second kappa shape index (κ2) is 4.67. The molecule has 1 unspecified atom stereocenters. The molecule has 2 heteroatoms. The third-order valence-electron chi connectivity index (χ3n) is 1.68. The van der Waals surface area contributed by atoms with Crippen molar-refractivity contribution >= 4 is 6.29 Å².